The summed E-state index contributed by atoms with van der Waals surface area (Å²) in [4.78, 5) is 2.35. The van der Waals surface area contributed by atoms with Gasteiger partial charge in [0.15, 0.2) is 0 Å². The minimum Gasteiger partial charge on any atom is -0.316 e. The summed E-state index contributed by atoms with van der Waals surface area (Å²) < 4.78 is 0. The van der Waals surface area contributed by atoms with Gasteiger partial charge in [-0.1, -0.05) is 6.92 Å². The summed E-state index contributed by atoms with van der Waals surface area (Å²) in [6, 6.07) is 0.608. The SMILES string of the molecule is CCCN(C)C[C@@H](C)NC. The maximum absolute atomic E-state index is 3.21. The molecule has 2 heteroatoms. The molecule has 0 aromatic carbocycles. The molecule has 0 saturated carbocycles. The van der Waals surface area contributed by atoms with Crippen molar-refractivity contribution in [3.63, 3.8) is 0 Å². The van der Waals surface area contributed by atoms with Gasteiger partial charge in [-0.15, -0.1) is 0 Å². The van der Waals surface area contributed by atoms with E-state index in [9.17, 15) is 0 Å². The second-order valence-corrected chi connectivity index (χ2v) is 2.95. The Morgan fingerprint density at radius 2 is 2.10 bits per heavy atom. The van der Waals surface area contributed by atoms with Gasteiger partial charge < -0.3 is 10.2 Å². The van der Waals surface area contributed by atoms with E-state index >= 15 is 0 Å². The lowest BCUT2D eigenvalue weighted by molar-refractivity contribution is 0.303. The van der Waals surface area contributed by atoms with Crippen LogP contribution in [0.2, 0.25) is 0 Å². The molecule has 0 radical (unpaired) electrons. The quantitative estimate of drug-likeness (QED) is 0.617. The Hall–Kier alpha value is -0.0800. The van der Waals surface area contributed by atoms with Crippen LogP contribution in [-0.2, 0) is 0 Å². The number of rotatable bonds is 5. The van der Waals surface area contributed by atoms with Crippen LogP contribution in [0.5, 0.6) is 0 Å². The van der Waals surface area contributed by atoms with Gasteiger partial charge in [-0.05, 0) is 34.0 Å². The molecule has 0 amide bonds. The lowest BCUT2D eigenvalue weighted by Crippen LogP contribution is -2.35. The zero-order valence-corrected chi connectivity index (χ0v) is 7.65. The molecule has 62 valence electrons. The van der Waals surface area contributed by atoms with Crippen molar-refractivity contribution in [2.75, 3.05) is 27.2 Å². The van der Waals surface area contributed by atoms with Crippen molar-refractivity contribution in [1.29, 1.82) is 0 Å². The fourth-order valence-electron chi connectivity index (χ4n) is 1.03. The minimum absolute atomic E-state index is 0.608. The summed E-state index contributed by atoms with van der Waals surface area (Å²) in [5.74, 6) is 0. The Kier molecular flexibility index (Phi) is 5.64. The fraction of sp³-hybridized carbons (Fsp3) is 1.00. The molecular formula is C8H20N2. The van der Waals surface area contributed by atoms with Crippen LogP contribution < -0.4 is 5.32 Å². The van der Waals surface area contributed by atoms with Crippen LogP contribution in [0.4, 0.5) is 0 Å². The lowest BCUT2D eigenvalue weighted by Gasteiger charge is -2.19. The van der Waals surface area contributed by atoms with Gasteiger partial charge in [0.1, 0.15) is 0 Å². The first-order chi connectivity index (χ1) is 4.70. The number of likely N-dealkylation sites (N-methyl/N-ethyl adjacent to an activating group) is 2. The number of hydrogen-bond acceptors (Lipinski definition) is 2. The fourth-order valence-corrected chi connectivity index (χ4v) is 1.03. The van der Waals surface area contributed by atoms with Gasteiger partial charge in [0.25, 0.3) is 0 Å². The van der Waals surface area contributed by atoms with Crippen molar-refractivity contribution in [3.05, 3.63) is 0 Å². The molecular weight excluding hydrogens is 124 g/mol. The van der Waals surface area contributed by atoms with E-state index in [-0.39, 0.29) is 0 Å². The van der Waals surface area contributed by atoms with Crippen molar-refractivity contribution >= 4 is 0 Å². The molecule has 0 aromatic rings. The third-order valence-corrected chi connectivity index (χ3v) is 1.68. The number of nitrogens with zero attached hydrogens (tertiary/aromatic N) is 1. The summed E-state index contributed by atoms with van der Waals surface area (Å²) in [5.41, 5.74) is 0. The Balaban J connectivity index is 3.27. The van der Waals surface area contributed by atoms with E-state index in [1.165, 1.54) is 13.0 Å². The Morgan fingerprint density at radius 3 is 2.50 bits per heavy atom. The van der Waals surface area contributed by atoms with E-state index in [1.807, 2.05) is 7.05 Å². The van der Waals surface area contributed by atoms with E-state index < -0.39 is 0 Å². The van der Waals surface area contributed by atoms with Crippen molar-refractivity contribution in [2.24, 2.45) is 0 Å². The summed E-state index contributed by atoms with van der Waals surface area (Å²) in [7, 11) is 4.17. The van der Waals surface area contributed by atoms with Gasteiger partial charge in [-0.3, -0.25) is 0 Å². The van der Waals surface area contributed by atoms with Crippen molar-refractivity contribution < 1.29 is 0 Å². The smallest absolute Gasteiger partial charge is 0.0163 e. The molecule has 1 N–H and O–H groups in total. The molecule has 0 aliphatic rings. The van der Waals surface area contributed by atoms with Gasteiger partial charge in [0.2, 0.25) is 0 Å². The topological polar surface area (TPSA) is 15.3 Å². The average Bonchev–Trinajstić information content (AvgIpc) is 1.88. The standard InChI is InChI=1S/C8H20N2/c1-5-6-10(4)7-8(2)9-3/h8-9H,5-7H2,1-4H3/t8-/m1/s1. The van der Waals surface area contributed by atoms with Crippen LogP contribution in [0.15, 0.2) is 0 Å². The minimum atomic E-state index is 0.608. The van der Waals surface area contributed by atoms with Crippen LogP contribution >= 0.6 is 0 Å². The van der Waals surface area contributed by atoms with E-state index in [0.717, 1.165) is 6.54 Å². The van der Waals surface area contributed by atoms with Gasteiger partial charge in [-0.2, -0.15) is 0 Å². The first-order valence-electron chi connectivity index (χ1n) is 4.06. The largest absolute Gasteiger partial charge is 0.316 e. The Bertz CT molecular complexity index is 73.7. The molecule has 0 saturated heterocycles. The summed E-state index contributed by atoms with van der Waals surface area (Å²) in [6.45, 7) is 6.75. The predicted molar refractivity (Wildman–Crippen MR) is 46.3 cm³/mol. The van der Waals surface area contributed by atoms with Crippen LogP contribution in [0.3, 0.4) is 0 Å². The molecule has 0 heterocycles. The van der Waals surface area contributed by atoms with Crippen LogP contribution in [0.1, 0.15) is 20.3 Å². The highest BCUT2D eigenvalue weighted by molar-refractivity contribution is 4.61. The second kappa shape index (κ2) is 5.69. The van der Waals surface area contributed by atoms with Crippen molar-refractivity contribution in [3.8, 4) is 0 Å². The van der Waals surface area contributed by atoms with E-state index in [4.69, 9.17) is 0 Å². The number of nitrogens with one attached hydrogen (secondary N) is 1. The zero-order valence-electron chi connectivity index (χ0n) is 7.65. The van der Waals surface area contributed by atoms with E-state index in [0.29, 0.717) is 6.04 Å². The Morgan fingerprint density at radius 1 is 1.50 bits per heavy atom. The predicted octanol–water partition coefficient (Wildman–Crippen LogP) is 0.936. The van der Waals surface area contributed by atoms with Gasteiger partial charge in [0, 0.05) is 12.6 Å². The van der Waals surface area contributed by atoms with Crippen LogP contribution in [-0.4, -0.2) is 38.1 Å². The second-order valence-electron chi connectivity index (χ2n) is 2.95. The zero-order chi connectivity index (χ0) is 7.98. The maximum atomic E-state index is 3.21. The highest BCUT2D eigenvalue weighted by Crippen LogP contribution is 1.88. The molecule has 0 aliphatic carbocycles. The Labute approximate surface area is 64.6 Å². The summed E-state index contributed by atoms with van der Waals surface area (Å²) in [6.07, 6.45) is 1.24. The van der Waals surface area contributed by atoms with E-state index in [2.05, 4.69) is 31.1 Å². The van der Waals surface area contributed by atoms with Gasteiger partial charge >= 0.3 is 0 Å². The molecule has 0 bridgehead atoms. The lowest BCUT2D eigenvalue weighted by atomic mass is 10.3. The molecule has 0 spiro atoms. The summed E-state index contributed by atoms with van der Waals surface area (Å²) in [5, 5.41) is 3.21. The van der Waals surface area contributed by atoms with Crippen molar-refractivity contribution in [2.45, 2.75) is 26.3 Å². The average molecular weight is 144 g/mol. The summed E-state index contributed by atoms with van der Waals surface area (Å²) >= 11 is 0. The van der Waals surface area contributed by atoms with Crippen LogP contribution in [0, 0.1) is 0 Å². The van der Waals surface area contributed by atoms with Crippen LogP contribution in [0.25, 0.3) is 0 Å². The third-order valence-electron chi connectivity index (χ3n) is 1.68. The van der Waals surface area contributed by atoms with Gasteiger partial charge in [0.05, 0.1) is 0 Å². The number of hydrogen-bond donors (Lipinski definition) is 1. The first-order valence-corrected chi connectivity index (χ1v) is 4.06. The van der Waals surface area contributed by atoms with Crippen molar-refractivity contribution in [1.82, 2.24) is 10.2 Å². The highest BCUT2D eigenvalue weighted by atomic mass is 15.1. The molecule has 0 fully saturated rings. The molecule has 0 aliphatic heterocycles. The van der Waals surface area contributed by atoms with E-state index in [1.54, 1.807) is 0 Å². The normalized spacial score (nSPS) is 14.1. The molecule has 10 heavy (non-hydrogen) atoms. The third kappa shape index (κ3) is 4.77. The highest BCUT2D eigenvalue weighted by Gasteiger charge is 2.01. The molecule has 0 rings (SSSR count). The first kappa shape index (κ1) is 9.92. The molecule has 1 atom stereocenters. The molecule has 0 aromatic heterocycles. The molecule has 2 nitrogen and oxygen atoms in total. The van der Waals surface area contributed by atoms with Gasteiger partial charge in [-0.25, -0.2) is 0 Å². The molecule has 0 unspecified atom stereocenters. The maximum Gasteiger partial charge on any atom is 0.0163 e. The monoisotopic (exact) mass is 144 g/mol.